The minimum Gasteiger partial charge on any atom is -0.373 e. The van der Waals surface area contributed by atoms with Crippen LogP contribution in [-0.4, -0.2) is 41.0 Å². The van der Waals surface area contributed by atoms with Gasteiger partial charge in [0.1, 0.15) is 11.7 Å². The van der Waals surface area contributed by atoms with Gasteiger partial charge in [0.05, 0.1) is 30.5 Å². The summed E-state index contributed by atoms with van der Waals surface area (Å²) >= 11 is 6.29. The molecule has 8 nitrogen and oxygen atoms in total. The zero-order valence-electron chi connectivity index (χ0n) is 15.2. The van der Waals surface area contributed by atoms with Crippen LogP contribution in [-0.2, 0) is 10.0 Å². The van der Waals surface area contributed by atoms with Crippen molar-refractivity contribution in [3.63, 3.8) is 0 Å². The highest BCUT2D eigenvalue weighted by atomic mass is 35.5. The minimum absolute atomic E-state index is 0.0565. The molecule has 1 atom stereocenters. The van der Waals surface area contributed by atoms with Crippen LogP contribution in [0.4, 0.5) is 11.4 Å². The molecule has 10 heteroatoms. The van der Waals surface area contributed by atoms with Crippen LogP contribution in [0.3, 0.4) is 0 Å². The number of likely N-dealkylation sites (N-methyl/N-ethyl adjacent to an activating group) is 1. The summed E-state index contributed by atoms with van der Waals surface area (Å²) in [4.78, 5) is 11.7. The van der Waals surface area contributed by atoms with Gasteiger partial charge in [0.2, 0.25) is 10.0 Å². The van der Waals surface area contributed by atoms with Crippen LogP contribution in [0.15, 0.2) is 47.4 Å². The van der Waals surface area contributed by atoms with E-state index in [2.05, 4.69) is 10.0 Å². The van der Waals surface area contributed by atoms with E-state index >= 15 is 0 Å². The number of hydrogen-bond donors (Lipinski definition) is 3. The normalized spacial score (nSPS) is 12.8. The standard InChI is InChI=1S/C17H21ClN4O4S/c1-19-27(25,26)12-8-9-15(16(10-12)22(23)24)20-11-17(21(2)3)13-6-4-5-7-14(13)18/h4-10,17,19-20H,11H2,1-3H3/p+1/t17-/m0/s1. The zero-order valence-corrected chi connectivity index (χ0v) is 16.8. The third-order valence-electron chi connectivity index (χ3n) is 4.22. The van der Waals surface area contributed by atoms with E-state index < -0.39 is 14.9 Å². The Bertz CT molecular complexity index is 934. The summed E-state index contributed by atoms with van der Waals surface area (Å²) in [6.07, 6.45) is 0. The van der Waals surface area contributed by atoms with Gasteiger partial charge in [-0.15, -0.1) is 0 Å². The number of hydrogen-bond acceptors (Lipinski definition) is 5. The second-order valence-electron chi connectivity index (χ2n) is 6.18. The maximum Gasteiger partial charge on any atom is 0.293 e. The molecule has 0 fully saturated rings. The van der Waals surface area contributed by atoms with Crippen LogP contribution in [0, 0.1) is 10.1 Å². The average molecular weight is 414 g/mol. The Hall–Kier alpha value is -2.20. The Balaban J connectivity index is 2.33. The monoisotopic (exact) mass is 413 g/mol. The smallest absolute Gasteiger partial charge is 0.293 e. The molecule has 0 unspecified atom stereocenters. The van der Waals surface area contributed by atoms with E-state index in [-0.39, 0.29) is 22.3 Å². The van der Waals surface area contributed by atoms with E-state index in [1.165, 1.54) is 19.2 Å². The van der Waals surface area contributed by atoms with E-state index in [9.17, 15) is 18.5 Å². The summed E-state index contributed by atoms with van der Waals surface area (Å²) < 4.78 is 25.9. The Kier molecular flexibility index (Phi) is 6.77. The third-order valence-corrected chi connectivity index (χ3v) is 5.98. The highest BCUT2D eigenvalue weighted by Gasteiger charge is 2.24. The largest absolute Gasteiger partial charge is 0.373 e. The topological polar surface area (TPSA) is 106 Å². The Morgan fingerprint density at radius 1 is 1.22 bits per heavy atom. The van der Waals surface area contributed by atoms with Gasteiger partial charge >= 0.3 is 0 Å². The quantitative estimate of drug-likeness (QED) is 0.448. The van der Waals surface area contributed by atoms with Crippen molar-refractivity contribution in [2.75, 3.05) is 33.0 Å². The van der Waals surface area contributed by atoms with Crippen molar-refractivity contribution in [1.29, 1.82) is 0 Å². The first-order chi connectivity index (χ1) is 12.7. The summed E-state index contributed by atoms with van der Waals surface area (Å²) in [5.74, 6) is 0. The van der Waals surface area contributed by atoms with Crippen LogP contribution in [0.25, 0.3) is 0 Å². The van der Waals surface area contributed by atoms with Gasteiger partial charge in [0.25, 0.3) is 5.69 Å². The fourth-order valence-electron chi connectivity index (χ4n) is 2.69. The lowest BCUT2D eigenvalue weighted by Crippen LogP contribution is -3.06. The van der Waals surface area contributed by atoms with Crippen molar-refractivity contribution in [3.05, 3.63) is 63.2 Å². The summed E-state index contributed by atoms with van der Waals surface area (Å²) in [6, 6.07) is 11.2. The highest BCUT2D eigenvalue weighted by Crippen LogP contribution is 2.28. The molecule has 0 radical (unpaired) electrons. The third kappa shape index (κ3) is 4.95. The van der Waals surface area contributed by atoms with Crippen LogP contribution >= 0.6 is 11.6 Å². The molecule has 0 saturated carbocycles. The Morgan fingerprint density at radius 3 is 2.44 bits per heavy atom. The van der Waals surface area contributed by atoms with Crippen molar-refractivity contribution in [2.45, 2.75) is 10.9 Å². The number of quaternary nitrogens is 1. The van der Waals surface area contributed by atoms with Crippen LogP contribution in [0.2, 0.25) is 5.02 Å². The molecule has 2 aromatic rings. The van der Waals surface area contributed by atoms with E-state index in [1.807, 2.05) is 32.3 Å². The molecule has 146 valence electrons. The van der Waals surface area contributed by atoms with Gasteiger partial charge in [-0.1, -0.05) is 29.8 Å². The van der Waals surface area contributed by atoms with Crippen molar-refractivity contribution in [2.24, 2.45) is 0 Å². The zero-order chi connectivity index (χ0) is 20.2. The molecule has 0 saturated heterocycles. The molecule has 0 aliphatic rings. The number of halogens is 1. The van der Waals surface area contributed by atoms with Gasteiger partial charge < -0.3 is 10.2 Å². The first kappa shape index (κ1) is 21.1. The second-order valence-corrected chi connectivity index (χ2v) is 8.47. The van der Waals surface area contributed by atoms with Gasteiger partial charge in [-0.25, -0.2) is 13.1 Å². The number of benzene rings is 2. The lowest BCUT2D eigenvalue weighted by molar-refractivity contribution is -0.890. The predicted octanol–water partition coefficient (Wildman–Crippen LogP) is 1.45. The van der Waals surface area contributed by atoms with Crippen molar-refractivity contribution >= 4 is 33.0 Å². The maximum absolute atomic E-state index is 11.9. The Labute approximate surface area is 163 Å². The van der Waals surface area contributed by atoms with E-state index in [0.717, 1.165) is 16.5 Å². The molecule has 0 aromatic heterocycles. The van der Waals surface area contributed by atoms with Crippen LogP contribution in [0.1, 0.15) is 11.6 Å². The number of nitrogens with zero attached hydrogens (tertiary/aromatic N) is 1. The fourth-order valence-corrected chi connectivity index (χ4v) is 3.71. The summed E-state index contributed by atoms with van der Waals surface area (Å²) in [6.45, 7) is 0.380. The van der Waals surface area contributed by atoms with Gasteiger partial charge in [-0.2, -0.15) is 0 Å². The number of nitrogens with one attached hydrogen (secondary N) is 3. The SMILES string of the molecule is CNS(=O)(=O)c1ccc(NC[C@@H](c2ccccc2Cl)[NH+](C)C)c([N+](=O)[O-])c1. The number of nitro groups is 1. The average Bonchev–Trinajstić information content (AvgIpc) is 2.62. The lowest BCUT2D eigenvalue weighted by Gasteiger charge is -2.23. The van der Waals surface area contributed by atoms with Gasteiger partial charge in [0, 0.05) is 16.7 Å². The molecule has 3 N–H and O–H groups in total. The molecule has 0 amide bonds. The fraction of sp³-hybridized carbons (Fsp3) is 0.294. The van der Waals surface area contributed by atoms with E-state index in [0.29, 0.717) is 11.6 Å². The molecule has 2 rings (SSSR count). The van der Waals surface area contributed by atoms with E-state index in [1.54, 1.807) is 6.07 Å². The molecule has 0 spiro atoms. The van der Waals surface area contributed by atoms with Crippen LogP contribution < -0.4 is 14.9 Å². The lowest BCUT2D eigenvalue weighted by atomic mass is 10.1. The molecular weight excluding hydrogens is 392 g/mol. The molecule has 2 aromatic carbocycles. The summed E-state index contributed by atoms with van der Waals surface area (Å²) in [7, 11) is 1.41. The number of rotatable bonds is 8. The van der Waals surface area contributed by atoms with Gasteiger partial charge in [-0.05, 0) is 25.2 Å². The summed E-state index contributed by atoms with van der Waals surface area (Å²) in [5, 5.41) is 15.1. The molecule has 0 aliphatic carbocycles. The predicted molar refractivity (Wildman–Crippen MR) is 105 cm³/mol. The van der Waals surface area contributed by atoms with Crippen molar-refractivity contribution in [3.8, 4) is 0 Å². The van der Waals surface area contributed by atoms with Gasteiger partial charge in [-0.3, -0.25) is 10.1 Å². The first-order valence-corrected chi connectivity index (χ1v) is 10.0. The second kappa shape index (κ2) is 8.66. The number of nitro benzene ring substituents is 1. The first-order valence-electron chi connectivity index (χ1n) is 8.17. The minimum atomic E-state index is -3.77. The summed E-state index contributed by atoms with van der Waals surface area (Å²) in [5.41, 5.74) is 0.857. The Morgan fingerprint density at radius 2 is 1.89 bits per heavy atom. The van der Waals surface area contributed by atoms with E-state index in [4.69, 9.17) is 11.6 Å². The molecule has 0 heterocycles. The van der Waals surface area contributed by atoms with Crippen LogP contribution in [0.5, 0.6) is 0 Å². The van der Waals surface area contributed by atoms with Crippen molar-refractivity contribution in [1.82, 2.24) is 4.72 Å². The maximum atomic E-state index is 11.9. The molecule has 27 heavy (non-hydrogen) atoms. The number of sulfonamides is 1. The molecule has 0 bridgehead atoms. The highest BCUT2D eigenvalue weighted by molar-refractivity contribution is 7.89. The number of anilines is 1. The van der Waals surface area contributed by atoms with Crippen molar-refractivity contribution < 1.29 is 18.2 Å². The molecule has 0 aliphatic heterocycles. The van der Waals surface area contributed by atoms with Gasteiger partial charge in [0.15, 0.2) is 0 Å². The molecular formula is C17H22ClN4O4S+.